The quantitative estimate of drug-likeness (QED) is 0.489. The molecular formula is C26H23NO2. The Bertz CT molecular complexity index is 1100. The highest BCUT2D eigenvalue weighted by Gasteiger charge is 2.38. The van der Waals surface area contributed by atoms with Gasteiger partial charge < -0.3 is 10.0 Å². The topological polar surface area (TPSA) is 40.5 Å². The van der Waals surface area contributed by atoms with Crippen molar-refractivity contribution in [3.8, 4) is 11.1 Å². The van der Waals surface area contributed by atoms with Crippen LogP contribution in [-0.4, -0.2) is 23.7 Å². The molecule has 0 saturated heterocycles. The summed E-state index contributed by atoms with van der Waals surface area (Å²) in [6, 6.07) is 24.8. The van der Waals surface area contributed by atoms with Gasteiger partial charge in [0.05, 0.1) is 0 Å². The number of nitrogens with zero attached hydrogens (tertiary/aromatic N) is 1. The molecule has 144 valence electrons. The van der Waals surface area contributed by atoms with Crippen molar-refractivity contribution in [2.45, 2.75) is 18.9 Å². The molecule has 3 heteroatoms. The molecule has 0 amide bonds. The summed E-state index contributed by atoms with van der Waals surface area (Å²) < 4.78 is 0. The number of carbonyl (C=O) groups is 1. The lowest BCUT2D eigenvalue weighted by Crippen LogP contribution is -2.48. The molecule has 1 aliphatic carbocycles. The molecule has 0 aromatic heterocycles. The lowest BCUT2D eigenvalue weighted by atomic mass is 9.87. The summed E-state index contributed by atoms with van der Waals surface area (Å²) in [5, 5.41) is 9.97. The maximum absolute atomic E-state index is 12.1. The summed E-state index contributed by atoms with van der Waals surface area (Å²) in [5.41, 5.74) is 7.21. The Labute approximate surface area is 170 Å². The number of benzene rings is 3. The van der Waals surface area contributed by atoms with Crippen molar-refractivity contribution in [1.29, 1.82) is 0 Å². The molecule has 3 nitrogen and oxygen atoms in total. The molecule has 3 unspecified atom stereocenters. The lowest BCUT2D eigenvalue weighted by Gasteiger charge is -2.37. The second-order valence-corrected chi connectivity index (χ2v) is 7.89. The van der Waals surface area contributed by atoms with Crippen molar-refractivity contribution in [3.63, 3.8) is 0 Å². The fraction of sp³-hybridized carbons (Fsp3) is 0.192. The van der Waals surface area contributed by atoms with E-state index in [0.29, 0.717) is 6.54 Å². The van der Waals surface area contributed by atoms with Gasteiger partial charge in [0.2, 0.25) is 0 Å². The van der Waals surface area contributed by atoms with Gasteiger partial charge in [-0.15, -0.1) is 0 Å². The SMILES string of the molecule is CC1C=CCN(c2cccc3c2C(c2ccccc2)c2ccccc2-3)C1C(=O)O. The number of anilines is 1. The molecule has 2 aliphatic rings. The Hall–Kier alpha value is -3.33. The molecule has 0 spiro atoms. The highest BCUT2D eigenvalue weighted by atomic mass is 16.4. The van der Waals surface area contributed by atoms with E-state index >= 15 is 0 Å². The smallest absolute Gasteiger partial charge is 0.326 e. The Morgan fingerprint density at radius 3 is 2.45 bits per heavy atom. The van der Waals surface area contributed by atoms with Crippen LogP contribution in [0.2, 0.25) is 0 Å². The minimum absolute atomic E-state index is 0.0453. The number of rotatable bonds is 3. The number of hydrogen-bond donors (Lipinski definition) is 1. The summed E-state index contributed by atoms with van der Waals surface area (Å²) in [7, 11) is 0. The second-order valence-electron chi connectivity index (χ2n) is 7.89. The molecule has 1 aliphatic heterocycles. The van der Waals surface area contributed by atoms with E-state index in [0.717, 1.165) is 5.69 Å². The molecule has 1 heterocycles. The number of aliphatic carboxylic acids is 1. The lowest BCUT2D eigenvalue weighted by molar-refractivity contribution is -0.139. The van der Waals surface area contributed by atoms with E-state index in [1.165, 1.54) is 27.8 Å². The Morgan fingerprint density at radius 1 is 0.931 bits per heavy atom. The molecule has 3 aromatic carbocycles. The molecule has 1 N–H and O–H groups in total. The van der Waals surface area contributed by atoms with E-state index in [2.05, 4.69) is 77.7 Å². The average Bonchev–Trinajstić information content (AvgIpc) is 3.08. The second kappa shape index (κ2) is 6.93. The van der Waals surface area contributed by atoms with Crippen LogP contribution in [0.3, 0.4) is 0 Å². The zero-order valence-electron chi connectivity index (χ0n) is 16.3. The van der Waals surface area contributed by atoms with Gasteiger partial charge in [0.1, 0.15) is 6.04 Å². The molecule has 5 rings (SSSR count). The first-order chi connectivity index (χ1) is 14.2. The van der Waals surface area contributed by atoms with E-state index < -0.39 is 12.0 Å². The Balaban J connectivity index is 1.74. The van der Waals surface area contributed by atoms with Gasteiger partial charge in [-0.25, -0.2) is 4.79 Å². The standard InChI is InChI=1S/C26H23NO2/c1-17-9-8-16-27(25(17)26(28)29)22-15-7-14-21-19-12-5-6-13-20(19)23(24(21)22)18-10-3-2-4-11-18/h2-15,17,23,25H,16H2,1H3,(H,28,29). The third-order valence-electron chi connectivity index (χ3n) is 6.20. The zero-order valence-corrected chi connectivity index (χ0v) is 16.3. The third kappa shape index (κ3) is 2.77. The van der Waals surface area contributed by atoms with Crippen LogP contribution in [-0.2, 0) is 4.79 Å². The molecule has 0 bridgehead atoms. The van der Waals surface area contributed by atoms with Crippen LogP contribution in [0.15, 0.2) is 84.9 Å². The number of fused-ring (bicyclic) bond motifs is 3. The van der Waals surface area contributed by atoms with Crippen LogP contribution in [0.25, 0.3) is 11.1 Å². The summed E-state index contributed by atoms with van der Waals surface area (Å²) >= 11 is 0. The predicted molar refractivity (Wildman–Crippen MR) is 116 cm³/mol. The zero-order chi connectivity index (χ0) is 20.0. The highest BCUT2D eigenvalue weighted by molar-refractivity contribution is 5.88. The van der Waals surface area contributed by atoms with E-state index in [1.807, 2.05) is 19.1 Å². The predicted octanol–water partition coefficient (Wildman–Crippen LogP) is 5.31. The van der Waals surface area contributed by atoms with E-state index in [1.54, 1.807) is 0 Å². The van der Waals surface area contributed by atoms with E-state index in [-0.39, 0.29) is 11.8 Å². The van der Waals surface area contributed by atoms with Crippen LogP contribution >= 0.6 is 0 Å². The highest BCUT2D eigenvalue weighted by Crippen LogP contribution is 2.52. The van der Waals surface area contributed by atoms with Gasteiger partial charge in [0.15, 0.2) is 0 Å². The first kappa shape index (κ1) is 17.7. The summed E-state index contributed by atoms with van der Waals surface area (Å²) in [4.78, 5) is 14.2. The van der Waals surface area contributed by atoms with Crippen molar-refractivity contribution in [1.82, 2.24) is 0 Å². The van der Waals surface area contributed by atoms with Crippen molar-refractivity contribution in [2.24, 2.45) is 5.92 Å². The fourth-order valence-electron chi connectivity index (χ4n) is 4.98. The molecule has 3 atom stereocenters. The number of carboxylic acid groups (broad SMARTS) is 1. The summed E-state index contributed by atoms with van der Waals surface area (Å²) in [6.45, 7) is 2.59. The first-order valence-electron chi connectivity index (χ1n) is 10.1. The third-order valence-corrected chi connectivity index (χ3v) is 6.20. The van der Waals surface area contributed by atoms with Gasteiger partial charge in [-0.1, -0.05) is 85.8 Å². The maximum Gasteiger partial charge on any atom is 0.326 e. The number of hydrogen-bond acceptors (Lipinski definition) is 2. The van der Waals surface area contributed by atoms with Gasteiger partial charge in [0, 0.05) is 24.1 Å². The van der Waals surface area contributed by atoms with Gasteiger partial charge in [-0.05, 0) is 33.9 Å². The maximum atomic E-state index is 12.1. The first-order valence-corrected chi connectivity index (χ1v) is 10.1. The molecule has 0 fully saturated rings. The molecule has 0 saturated carbocycles. The van der Waals surface area contributed by atoms with Gasteiger partial charge in [0.25, 0.3) is 0 Å². The van der Waals surface area contributed by atoms with Crippen molar-refractivity contribution in [3.05, 3.63) is 102 Å². The fourth-order valence-corrected chi connectivity index (χ4v) is 4.98. The molecular weight excluding hydrogens is 358 g/mol. The van der Waals surface area contributed by atoms with Crippen molar-refractivity contribution >= 4 is 11.7 Å². The van der Waals surface area contributed by atoms with Crippen LogP contribution < -0.4 is 4.90 Å². The Kier molecular flexibility index (Phi) is 4.24. The van der Waals surface area contributed by atoms with Crippen LogP contribution in [0.1, 0.15) is 29.5 Å². The van der Waals surface area contributed by atoms with E-state index in [9.17, 15) is 9.90 Å². The van der Waals surface area contributed by atoms with Crippen molar-refractivity contribution in [2.75, 3.05) is 11.4 Å². The average molecular weight is 381 g/mol. The van der Waals surface area contributed by atoms with Crippen LogP contribution in [0.5, 0.6) is 0 Å². The number of carboxylic acids is 1. The van der Waals surface area contributed by atoms with E-state index in [4.69, 9.17) is 0 Å². The normalized spacial score (nSPS) is 22.2. The van der Waals surface area contributed by atoms with Gasteiger partial charge in [-0.3, -0.25) is 0 Å². The molecule has 29 heavy (non-hydrogen) atoms. The van der Waals surface area contributed by atoms with Gasteiger partial charge in [-0.2, -0.15) is 0 Å². The van der Waals surface area contributed by atoms with Gasteiger partial charge >= 0.3 is 5.97 Å². The van der Waals surface area contributed by atoms with Crippen LogP contribution in [0.4, 0.5) is 5.69 Å². The minimum Gasteiger partial charge on any atom is -0.480 e. The largest absolute Gasteiger partial charge is 0.480 e. The van der Waals surface area contributed by atoms with Crippen molar-refractivity contribution < 1.29 is 9.90 Å². The van der Waals surface area contributed by atoms with Crippen LogP contribution in [0, 0.1) is 5.92 Å². The molecule has 3 aromatic rings. The summed E-state index contributed by atoms with van der Waals surface area (Å²) in [5.74, 6) is -0.712. The minimum atomic E-state index is -0.772. The molecule has 0 radical (unpaired) electrons. The summed E-state index contributed by atoms with van der Waals surface area (Å²) in [6.07, 6.45) is 4.10. The monoisotopic (exact) mass is 381 g/mol. The Morgan fingerprint density at radius 2 is 1.66 bits per heavy atom.